The van der Waals surface area contributed by atoms with E-state index in [1.54, 1.807) is 4.31 Å². The Morgan fingerprint density at radius 3 is 2.60 bits per heavy atom. The summed E-state index contributed by atoms with van der Waals surface area (Å²) >= 11 is 0. The van der Waals surface area contributed by atoms with Crippen molar-refractivity contribution >= 4 is 10.0 Å². The van der Waals surface area contributed by atoms with E-state index in [2.05, 4.69) is 0 Å². The fourth-order valence-electron chi connectivity index (χ4n) is 2.08. The van der Waals surface area contributed by atoms with E-state index in [1.165, 1.54) is 12.8 Å². The van der Waals surface area contributed by atoms with Gasteiger partial charge in [-0.2, -0.15) is 0 Å². The molecule has 4 nitrogen and oxygen atoms in total. The van der Waals surface area contributed by atoms with Crippen LogP contribution in [0.5, 0.6) is 0 Å². The average molecular weight is 232 g/mol. The molecule has 0 aromatic rings. The molecule has 1 atom stereocenters. The van der Waals surface area contributed by atoms with Crippen molar-refractivity contribution in [2.24, 2.45) is 11.7 Å². The van der Waals surface area contributed by atoms with E-state index in [0.717, 1.165) is 19.3 Å². The highest BCUT2D eigenvalue weighted by molar-refractivity contribution is 7.89. The highest BCUT2D eigenvalue weighted by Gasteiger charge is 2.29. The van der Waals surface area contributed by atoms with E-state index < -0.39 is 10.0 Å². The lowest BCUT2D eigenvalue weighted by Crippen LogP contribution is -2.46. The van der Waals surface area contributed by atoms with Crippen LogP contribution in [0, 0.1) is 5.92 Å². The molecular weight excluding hydrogens is 212 g/mol. The van der Waals surface area contributed by atoms with Gasteiger partial charge in [0.05, 0.1) is 5.75 Å². The number of nitrogens with two attached hydrogens (primary N) is 1. The largest absolute Gasteiger partial charge is 0.327 e. The maximum atomic E-state index is 11.9. The van der Waals surface area contributed by atoms with Gasteiger partial charge in [0.2, 0.25) is 10.0 Å². The summed E-state index contributed by atoms with van der Waals surface area (Å²) in [5.74, 6) is 1.00. The molecule has 2 aliphatic rings. The molecule has 0 aromatic carbocycles. The molecule has 0 amide bonds. The van der Waals surface area contributed by atoms with Gasteiger partial charge in [0, 0.05) is 19.1 Å². The van der Waals surface area contributed by atoms with Gasteiger partial charge in [-0.1, -0.05) is 12.8 Å². The van der Waals surface area contributed by atoms with Crippen molar-refractivity contribution in [3.8, 4) is 0 Å². The Labute approximate surface area is 91.9 Å². The Morgan fingerprint density at radius 1 is 1.27 bits per heavy atom. The smallest absolute Gasteiger partial charge is 0.214 e. The summed E-state index contributed by atoms with van der Waals surface area (Å²) in [6.45, 7) is 1.19. The highest BCUT2D eigenvalue weighted by Crippen LogP contribution is 2.33. The van der Waals surface area contributed by atoms with Crippen LogP contribution >= 0.6 is 0 Å². The highest BCUT2D eigenvalue weighted by atomic mass is 32.2. The van der Waals surface area contributed by atoms with Crippen molar-refractivity contribution < 1.29 is 8.42 Å². The Bertz CT molecular complexity index is 311. The van der Waals surface area contributed by atoms with Gasteiger partial charge < -0.3 is 5.73 Å². The minimum absolute atomic E-state index is 0.0365. The second-order valence-electron chi connectivity index (χ2n) is 4.81. The molecule has 0 radical (unpaired) electrons. The van der Waals surface area contributed by atoms with Crippen LogP contribution in [0.25, 0.3) is 0 Å². The van der Waals surface area contributed by atoms with Crippen molar-refractivity contribution in [1.29, 1.82) is 0 Å². The standard InChI is InChI=1S/C10H20N2O2S/c11-10-2-1-6-12(8-10)15(13,14)7-5-9-3-4-9/h9-10H,1-8,11H2. The van der Waals surface area contributed by atoms with Gasteiger partial charge in [-0.05, 0) is 25.2 Å². The minimum atomic E-state index is -3.02. The predicted octanol–water partition coefficient (Wildman–Crippen LogP) is 0.539. The monoisotopic (exact) mass is 232 g/mol. The van der Waals surface area contributed by atoms with Crippen LogP contribution in [0.2, 0.25) is 0 Å². The van der Waals surface area contributed by atoms with Crippen LogP contribution in [-0.4, -0.2) is 37.6 Å². The molecule has 0 aromatic heterocycles. The summed E-state index contributed by atoms with van der Waals surface area (Å²) in [6.07, 6.45) is 5.14. The van der Waals surface area contributed by atoms with E-state index in [-0.39, 0.29) is 6.04 Å². The molecule has 88 valence electrons. The number of rotatable bonds is 4. The van der Waals surface area contributed by atoms with Gasteiger partial charge in [0.1, 0.15) is 0 Å². The summed E-state index contributed by atoms with van der Waals surface area (Å²) < 4.78 is 25.5. The summed E-state index contributed by atoms with van der Waals surface area (Å²) in [5.41, 5.74) is 5.78. The molecule has 2 N–H and O–H groups in total. The average Bonchev–Trinajstić information content (AvgIpc) is 2.98. The molecule has 2 fully saturated rings. The predicted molar refractivity (Wildman–Crippen MR) is 59.9 cm³/mol. The Hall–Kier alpha value is -0.130. The van der Waals surface area contributed by atoms with E-state index in [1.807, 2.05) is 0 Å². The summed E-state index contributed by atoms with van der Waals surface area (Å²) in [5, 5.41) is 0. The summed E-state index contributed by atoms with van der Waals surface area (Å²) in [4.78, 5) is 0. The van der Waals surface area contributed by atoms with E-state index in [4.69, 9.17) is 5.73 Å². The zero-order valence-electron chi connectivity index (χ0n) is 9.06. The van der Waals surface area contributed by atoms with Crippen LogP contribution in [0.1, 0.15) is 32.1 Å². The SMILES string of the molecule is NC1CCCN(S(=O)(=O)CCC2CC2)C1. The number of hydrogen-bond donors (Lipinski definition) is 1. The molecule has 1 aliphatic carbocycles. The molecule has 1 unspecified atom stereocenters. The van der Waals surface area contributed by atoms with E-state index in [9.17, 15) is 8.42 Å². The minimum Gasteiger partial charge on any atom is -0.327 e. The van der Waals surface area contributed by atoms with Crippen LogP contribution in [0.15, 0.2) is 0 Å². The van der Waals surface area contributed by atoms with Crippen molar-refractivity contribution in [3.05, 3.63) is 0 Å². The third kappa shape index (κ3) is 3.16. The maximum absolute atomic E-state index is 11.9. The number of nitrogens with zero attached hydrogens (tertiary/aromatic N) is 1. The first-order chi connectivity index (χ1) is 7.08. The second kappa shape index (κ2) is 4.39. The molecule has 1 saturated heterocycles. The fourth-order valence-corrected chi connectivity index (χ4v) is 3.79. The van der Waals surface area contributed by atoms with Gasteiger partial charge >= 0.3 is 0 Å². The Morgan fingerprint density at radius 2 is 2.00 bits per heavy atom. The first-order valence-corrected chi connectivity index (χ1v) is 7.42. The van der Waals surface area contributed by atoms with Crippen molar-refractivity contribution in [2.45, 2.75) is 38.1 Å². The quantitative estimate of drug-likeness (QED) is 0.769. The molecule has 15 heavy (non-hydrogen) atoms. The molecule has 0 bridgehead atoms. The van der Waals surface area contributed by atoms with Gasteiger partial charge in [-0.3, -0.25) is 0 Å². The fraction of sp³-hybridized carbons (Fsp3) is 1.00. The normalized spacial score (nSPS) is 29.3. The maximum Gasteiger partial charge on any atom is 0.214 e. The molecular formula is C10H20N2O2S. The summed E-state index contributed by atoms with van der Waals surface area (Å²) in [6, 6.07) is 0.0365. The van der Waals surface area contributed by atoms with Crippen LogP contribution < -0.4 is 5.73 Å². The van der Waals surface area contributed by atoms with E-state index in [0.29, 0.717) is 24.8 Å². The lowest BCUT2D eigenvalue weighted by atomic mass is 10.1. The van der Waals surface area contributed by atoms with E-state index >= 15 is 0 Å². The van der Waals surface area contributed by atoms with Crippen molar-refractivity contribution in [1.82, 2.24) is 4.31 Å². The number of piperidine rings is 1. The van der Waals surface area contributed by atoms with Crippen molar-refractivity contribution in [2.75, 3.05) is 18.8 Å². The third-order valence-corrected chi connectivity index (χ3v) is 5.16. The lowest BCUT2D eigenvalue weighted by molar-refractivity contribution is 0.315. The molecule has 5 heteroatoms. The van der Waals surface area contributed by atoms with Gasteiger partial charge in [0.15, 0.2) is 0 Å². The van der Waals surface area contributed by atoms with Gasteiger partial charge in [0.25, 0.3) is 0 Å². The van der Waals surface area contributed by atoms with Crippen LogP contribution in [0.3, 0.4) is 0 Å². The van der Waals surface area contributed by atoms with Crippen LogP contribution in [-0.2, 0) is 10.0 Å². The molecule has 2 rings (SSSR count). The van der Waals surface area contributed by atoms with Crippen LogP contribution in [0.4, 0.5) is 0 Å². The number of hydrogen-bond acceptors (Lipinski definition) is 3. The lowest BCUT2D eigenvalue weighted by Gasteiger charge is -2.29. The zero-order valence-corrected chi connectivity index (χ0v) is 9.88. The molecule has 1 saturated carbocycles. The topological polar surface area (TPSA) is 63.4 Å². The zero-order chi connectivity index (χ0) is 10.9. The van der Waals surface area contributed by atoms with Crippen molar-refractivity contribution in [3.63, 3.8) is 0 Å². The first kappa shape index (κ1) is 11.4. The molecule has 1 aliphatic heterocycles. The first-order valence-electron chi connectivity index (χ1n) is 5.81. The molecule has 0 spiro atoms. The Kier molecular flexibility index (Phi) is 3.33. The van der Waals surface area contributed by atoms with Gasteiger partial charge in [-0.25, -0.2) is 12.7 Å². The third-order valence-electron chi connectivity index (χ3n) is 3.29. The second-order valence-corrected chi connectivity index (χ2v) is 6.90. The number of sulfonamides is 1. The van der Waals surface area contributed by atoms with Gasteiger partial charge in [-0.15, -0.1) is 0 Å². The Balaban J connectivity index is 1.88. The molecule has 1 heterocycles. The summed E-state index contributed by atoms with van der Waals surface area (Å²) in [7, 11) is -3.02.